The van der Waals surface area contributed by atoms with Gasteiger partial charge in [0.1, 0.15) is 12.4 Å². The second-order valence-corrected chi connectivity index (χ2v) is 4.23. The van der Waals surface area contributed by atoms with E-state index in [-0.39, 0.29) is 0 Å². The van der Waals surface area contributed by atoms with Crippen molar-refractivity contribution < 1.29 is 4.74 Å². The Morgan fingerprint density at radius 3 is 2.72 bits per heavy atom. The van der Waals surface area contributed by atoms with Crippen LogP contribution in [0.2, 0.25) is 0 Å². The van der Waals surface area contributed by atoms with E-state index in [9.17, 15) is 0 Å². The number of hydrogen-bond acceptors (Lipinski definition) is 2. The Morgan fingerprint density at radius 1 is 1.06 bits per heavy atom. The summed E-state index contributed by atoms with van der Waals surface area (Å²) in [6, 6.07) is 15.9. The van der Waals surface area contributed by atoms with Gasteiger partial charge < -0.3 is 15.5 Å². The SMILES string of the molecule is Nc1cc2[nH]ccc2cc1OCc1ccccc1. The molecule has 3 aromatic rings. The van der Waals surface area contributed by atoms with E-state index in [1.54, 1.807) is 0 Å². The van der Waals surface area contributed by atoms with Crippen molar-refractivity contribution in [3.05, 3.63) is 60.3 Å². The van der Waals surface area contributed by atoms with Crippen molar-refractivity contribution in [2.24, 2.45) is 0 Å². The van der Waals surface area contributed by atoms with Crippen LogP contribution in [0.25, 0.3) is 10.9 Å². The minimum absolute atomic E-state index is 0.529. The summed E-state index contributed by atoms with van der Waals surface area (Å²) in [7, 11) is 0. The lowest BCUT2D eigenvalue weighted by molar-refractivity contribution is 0.308. The minimum Gasteiger partial charge on any atom is -0.487 e. The zero-order chi connectivity index (χ0) is 12.4. The Kier molecular flexibility index (Phi) is 2.65. The molecule has 1 heterocycles. The number of hydrogen-bond donors (Lipinski definition) is 2. The Bertz CT molecular complexity index is 659. The van der Waals surface area contributed by atoms with Gasteiger partial charge in [0.25, 0.3) is 0 Å². The van der Waals surface area contributed by atoms with Crippen LogP contribution in [0.1, 0.15) is 5.56 Å². The molecule has 0 saturated carbocycles. The standard InChI is InChI=1S/C15H14N2O/c16-13-9-14-12(6-7-17-14)8-15(13)18-10-11-4-2-1-3-5-11/h1-9,17H,10,16H2. The monoisotopic (exact) mass is 238 g/mol. The molecule has 0 aliphatic carbocycles. The van der Waals surface area contributed by atoms with Crippen molar-refractivity contribution in [1.82, 2.24) is 4.98 Å². The fourth-order valence-electron chi connectivity index (χ4n) is 1.96. The van der Waals surface area contributed by atoms with Crippen molar-refractivity contribution in [2.45, 2.75) is 6.61 Å². The van der Waals surface area contributed by atoms with Crippen molar-refractivity contribution in [3.8, 4) is 5.75 Å². The Morgan fingerprint density at radius 2 is 1.89 bits per heavy atom. The lowest BCUT2D eigenvalue weighted by Gasteiger charge is -2.09. The topological polar surface area (TPSA) is 51.0 Å². The first-order valence-electron chi connectivity index (χ1n) is 5.86. The van der Waals surface area contributed by atoms with Crippen molar-refractivity contribution in [3.63, 3.8) is 0 Å². The molecule has 0 bridgehead atoms. The average Bonchev–Trinajstić information content (AvgIpc) is 2.84. The fraction of sp³-hybridized carbons (Fsp3) is 0.0667. The van der Waals surface area contributed by atoms with Gasteiger partial charge in [-0.2, -0.15) is 0 Å². The van der Waals surface area contributed by atoms with Gasteiger partial charge in [-0.1, -0.05) is 30.3 Å². The van der Waals surface area contributed by atoms with Gasteiger partial charge in [0.05, 0.1) is 5.69 Å². The number of benzene rings is 2. The molecule has 1 aromatic heterocycles. The van der Waals surface area contributed by atoms with Gasteiger partial charge in [-0.05, 0) is 23.8 Å². The largest absolute Gasteiger partial charge is 0.487 e. The van der Waals surface area contributed by atoms with Crippen LogP contribution < -0.4 is 10.5 Å². The van der Waals surface area contributed by atoms with Crippen LogP contribution in [0.15, 0.2) is 54.7 Å². The zero-order valence-corrected chi connectivity index (χ0v) is 9.89. The maximum Gasteiger partial charge on any atom is 0.143 e. The van der Waals surface area contributed by atoms with E-state index in [4.69, 9.17) is 10.5 Å². The lowest BCUT2D eigenvalue weighted by atomic mass is 10.2. The van der Waals surface area contributed by atoms with Gasteiger partial charge in [0.15, 0.2) is 0 Å². The Balaban J connectivity index is 1.84. The third kappa shape index (κ3) is 2.02. The third-order valence-electron chi connectivity index (χ3n) is 2.92. The van der Waals surface area contributed by atoms with Crippen LogP contribution in [0.4, 0.5) is 5.69 Å². The summed E-state index contributed by atoms with van der Waals surface area (Å²) < 4.78 is 5.76. The molecule has 3 heteroatoms. The molecular formula is C15H14N2O. The molecule has 0 radical (unpaired) electrons. The predicted octanol–water partition coefficient (Wildman–Crippen LogP) is 3.33. The van der Waals surface area contributed by atoms with Crippen LogP contribution in [0, 0.1) is 0 Å². The van der Waals surface area contributed by atoms with E-state index in [2.05, 4.69) is 4.98 Å². The number of nitrogens with one attached hydrogen (secondary N) is 1. The number of ether oxygens (including phenoxy) is 1. The number of nitrogen functional groups attached to an aromatic ring is 1. The second kappa shape index (κ2) is 4.45. The number of nitrogens with two attached hydrogens (primary N) is 1. The fourth-order valence-corrected chi connectivity index (χ4v) is 1.96. The highest BCUT2D eigenvalue weighted by atomic mass is 16.5. The maximum atomic E-state index is 5.96. The van der Waals surface area contributed by atoms with Crippen molar-refractivity contribution in [2.75, 3.05) is 5.73 Å². The normalized spacial score (nSPS) is 10.7. The molecular weight excluding hydrogens is 224 g/mol. The number of anilines is 1. The Labute approximate surface area is 105 Å². The molecule has 0 aliphatic rings. The molecule has 3 rings (SSSR count). The summed E-state index contributed by atoms with van der Waals surface area (Å²) in [5.41, 5.74) is 8.78. The summed E-state index contributed by atoms with van der Waals surface area (Å²) in [4.78, 5) is 3.13. The van der Waals surface area contributed by atoms with Crippen LogP contribution >= 0.6 is 0 Å². The van der Waals surface area contributed by atoms with E-state index < -0.39 is 0 Å². The smallest absolute Gasteiger partial charge is 0.143 e. The summed E-state index contributed by atoms with van der Waals surface area (Å²) in [5.74, 6) is 0.728. The highest BCUT2D eigenvalue weighted by Gasteiger charge is 2.04. The van der Waals surface area contributed by atoms with Crippen molar-refractivity contribution in [1.29, 1.82) is 0 Å². The summed E-state index contributed by atoms with van der Waals surface area (Å²) in [6.07, 6.45) is 1.89. The first-order valence-corrected chi connectivity index (χ1v) is 5.86. The molecule has 0 amide bonds. The quantitative estimate of drug-likeness (QED) is 0.688. The van der Waals surface area contributed by atoms with Gasteiger partial charge in [0.2, 0.25) is 0 Å². The molecule has 0 unspecified atom stereocenters. The van der Waals surface area contributed by atoms with E-state index in [1.165, 1.54) is 0 Å². The van der Waals surface area contributed by atoms with Crippen LogP contribution in [0.3, 0.4) is 0 Å². The summed E-state index contributed by atoms with van der Waals surface area (Å²) in [5, 5.41) is 1.10. The lowest BCUT2D eigenvalue weighted by Crippen LogP contribution is -1.98. The van der Waals surface area contributed by atoms with Crippen molar-refractivity contribution >= 4 is 16.6 Å². The van der Waals surface area contributed by atoms with Gasteiger partial charge in [-0.3, -0.25) is 0 Å². The van der Waals surface area contributed by atoms with Gasteiger partial charge >= 0.3 is 0 Å². The van der Waals surface area contributed by atoms with Gasteiger partial charge in [0, 0.05) is 17.1 Å². The maximum absolute atomic E-state index is 5.96. The number of fused-ring (bicyclic) bond motifs is 1. The molecule has 0 aliphatic heterocycles. The molecule has 3 N–H and O–H groups in total. The molecule has 0 saturated heterocycles. The number of rotatable bonds is 3. The third-order valence-corrected chi connectivity index (χ3v) is 2.92. The molecule has 0 atom stereocenters. The van der Waals surface area contributed by atoms with E-state index >= 15 is 0 Å². The first kappa shape index (κ1) is 10.7. The van der Waals surface area contributed by atoms with E-state index in [1.807, 2.05) is 54.7 Å². The molecule has 90 valence electrons. The molecule has 2 aromatic carbocycles. The summed E-state index contributed by atoms with van der Waals surface area (Å²) in [6.45, 7) is 0.529. The van der Waals surface area contributed by atoms with E-state index in [0.717, 1.165) is 22.2 Å². The minimum atomic E-state index is 0.529. The molecule has 18 heavy (non-hydrogen) atoms. The highest BCUT2D eigenvalue weighted by molar-refractivity contribution is 5.85. The number of aromatic nitrogens is 1. The first-order chi connectivity index (χ1) is 8.83. The van der Waals surface area contributed by atoms with Gasteiger partial charge in [-0.25, -0.2) is 0 Å². The number of H-pyrrole nitrogens is 1. The molecule has 3 nitrogen and oxygen atoms in total. The Hall–Kier alpha value is -2.42. The predicted molar refractivity (Wildman–Crippen MR) is 73.5 cm³/mol. The van der Waals surface area contributed by atoms with Crippen LogP contribution in [-0.4, -0.2) is 4.98 Å². The second-order valence-electron chi connectivity index (χ2n) is 4.23. The molecule has 0 fully saturated rings. The van der Waals surface area contributed by atoms with Gasteiger partial charge in [-0.15, -0.1) is 0 Å². The highest BCUT2D eigenvalue weighted by Crippen LogP contribution is 2.28. The average molecular weight is 238 g/mol. The number of aromatic amines is 1. The van der Waals surface area contributed by atoms with Crippen LogP contribution in [-0.2, 0) is 6.61 Å². The van der Waals surface area contributed by atoms with E-state index in [0.29, 0.717) is 12.3 Å². The van der Waals surface area contributed by atoms with Crippen LogP contribution in [0.5, 0.6) is 5.75 Å². The summed E-state index contributed by atoms with van der Waals surface area (Å²) >= 11 is 0. The molecule has 0 spiro atoms. The zero-order valence-electron chi connectivity index (χ0n) is 9.89.